The Kier molecular flexibility index (Phi) is 13.1. The van der Waals surface area contributed by atoms with E-state index in [2.05, 4.69) is 38.7 Å². The summed E-state index contributed by atoms with van der Waals surface area (Å²) >= 11 is 0. The number of carbonyl (C=O) groups excluding carboxylic acids is 4. The van der Waals surface area contributed by atoms with Gasteiger partial charge in [-0.1, -0.05) is 75.4 Å². The number of rotatable bonds is 16. The van der Waals surface area contributed by atoms with Crippen molar-refractivity contribution in [3.05, 3.63) is 101 Å². The number of methoxy groups -OCH3 is 1. The maximum Gasteiger partial charge on any atom is 0.251 e. The number of fused-ring (bicyclic) bond motifs is 1. The summed E-state index contributed by atoms with van der Waals surface area (Å²) in [5.41, 5.74) is 2.87. The highest BCUT2D eigenvalue weighted by Gasteiger charge is 2.43. The Labute approximate surface area is 307 Å². The minimum absolute atomic E-state index is 0.157. The van der Waals surface area contributed by atoms with Gasteiger partial charge in [-0.2, -0.15) is 0 Å². The van der Waals surface area contributed by atoms with E-state index in [0.717, 1.165) is 30.4 Å². The van der Waals surface area contributed by atoms with Gasteiger partial charge in [0.15, 0.2) is 0 Å². The predicted molar refractivity (Wildman–Crippen MR) is 200 cm³/mol. The summed E-state index contributed by atoms with van der Waals surface area (Å²) in [6.45, 7) is 7.08. The maximum absolute atomic E-state index is 14.3. The first-order valence-electron chi connectivity index (χ1n) is 18.2. The monoisotopic (exact) mass is 711 g/mol. The predicted octanol–water partition coefficient (Wildman–Crippen LogP) is 4.02. The molecule has 0 radical (unpaired) electrons. The normalized spacial score (nSPS) is 17.3. The second kappa shape index (κ2) is 17.7. The third-order valence-electron chi connectivity index (χ3n) is 9.58. The van der Waals surface area contributed by atoms with Gasteiger partial charge in [0.1, 0.15) is 11.8 Å². The number of hydrogen-bond acceptors (Lipinski definition) is 7. The fraction of sp³-hybridized carbons (Fsp3) is 0.463. The van der Waals surface area contributed by atoms with Crippen LogP contribution in [0.15, 0.2) is 78.9 Å². The quantitative estimate of drug-likeness (QED) is 0.151. The van der Waals surface area contributed by atoms with Crippen LogP contribution in [0.25, 0.3) is 0 Å². The fourth-order valence-corrected chi connectivity index (χ4v) is 6.55. The van der Waals surface area contributed by atoms with Crippen molar-refractivity contribution in [3.63, 3.8) is 0 Å². The van der Waals surface area contributed by atoms with Gasteiger partial charge in [-0.05, 0) is 78.5 Å². The van der Waals surface area contributed by atoms with Gasteiger partial charge in [0.05, 0.1) is 44.4 Å². The molecule has 1 saturated heterocycles. The van der Waals surface area contributed by atoms with Crippen molar-refractivity contribution in [1.82, 2.24) is 26.6 Å². The lowest BCUT2D eigenvalue weighted by Crippen LogP contribution is -2.70. The van der Waals surface area contributed by atoms with E-state index >= 15 is 0 Å². The van der Waals surface area contributed by atoms with Crippen LogP contribution in [0.1, 0.15) is 79.5 Å². The van der Waals surface area contributed by atoms with E-state index in [9.17, 15) is 19.2 Å². The molecule has 2 aliphatic rings. The first-order chi connectivity index (χ1) is 24.9. The molecule has 3 aromatic carbocycles. The molecule has 4 amide bonds. The standard InChI is InChI=1S/C41H53N5O6/c1-40(2,3)24-42-36(47)23-35(46-41(26-52-27-41)25-43-37(48)30-18-20-31(51-4)21-19-30)39(50)45-34(22-17-28-11-6-5-7-12-28)38(49)44-33-16-10-14-29-13-8-9-15-32(29)33/h5-9,11-13,15,18-21,33-35,46H,10,14,16-17,22-27H2,1-4H3,(H,42,47)(H,43,48)(H,44,49)(H,45,50)/t33-,34+,35+/m1/s1. The molecule has 3 atom stereocenters. The molecule has 1 heterocycles. The Morgan fingerprint density at radius 1 is 0.885 bits per heavy atom. The molecule has 0 unspecified atom stereocenters. The first-order valence-corrected chi connectivity index (χ1v) is 18.2. The van der Waals surface area contributed by atoms with Crippen LogP contribution in [0, 0.1) is 5.41 Å². The zero-order chi connectivity index (χ0) is 37.1. The van der Waals surface area contributed by atoms with Gasteiger partial charge >= 0.3 is 0 Å². The minimum Gasteiger partial charge on any atom is -0.497 e. The van der Waals surface area contributed by atoms with Crippen LogP contribution in [-0.2, 0) is 32.0 Å². The Balaban J connectivity index is 1.33. The van der Waals surface area contributed by atoms with Crippen LogP contribution < -0.4 is 31.3 Å². The number of carbonyl (C=O) groups is 4. The van der Waals surface area contributed by atoms with Gasteiger partial charge in [0, 0.05) is 18.7 Å². The molecule has 11 nitrogen and oxygen atoms in total. The van der Waals surface area contributed by atoms with Gasteiger partial charge in [0.2, 0.25) is 17.7 Å². The van der Waals surface area contributed by atoms with Gasteiger partial charge in [-0.15, -0.1) is 0 Å². The zero-order valence-electron chi connectivity index (χ0n) is 30.8. The SMILES string of the molecule is COc1ccc(C(=O)NCC2(N[C@@H](CC(=O)NCC(C)(C)C)C(=O)N[C@@H](CCc3ccccc3)C(=O)N[C@@H]3CCCc4ccccc43)COC2)cc1. The molecule has 0 bridgehead atoms. The van der Waals surface area contributed by atoms with Crippen LogP contribution >= 0.6 is 0 Å². The molecule has 1 fully saturated rings. The number of hydrogen-bond donors (Lipinski definition) is 5. The number of aryl methyl sites for hydroxylation is 2. The third kappa shape index (κ3) is 10.9. The highest BCUT2D eigenvalue weighted by molar-refractivity contribution is 5.94. The number of amides is 4. The largest absolute Gasteiger partial charge is 0.497 e. The summed E-state index contributed by atoms with van der Waals surface area (Å²) in [6, 6.07) is 22.7. The summed E-state index contributed by atoms with van der Waals surface area (Å²) in [6.07, 6.45) is 3.50. The summed E-state index contributed by atoms with van der Waals surface area (Å²) in [4.78, 5) is 54.6. The fourth-order valence-electron chi connectivity index (χ4n) is 6.55. The number of benzene rings is 3. The molecule has 1 aliphatic carbocycles. The van der Waals surface area contributed by atoms with Gasteiger partial charge in [0.25, 0.3) is 5.91 Å². The van der Waals surface area contributed by atoms with Gasteiger partial charge in [-0.3, -0.25) is 24.5 Å². The smallest absolute Gasteiger partial charge is 0.251 e. The van der Waals surface area contributed by atoms with Crippen molar-refractivity contribution in [2.75, 3.05) is 33.4 Å². The minimum atomic E-state index is -1.01. The van der Waals surface area contributed by atoms with Crippen molar-refractivity contribution in [1.29, 1.82) is 0 Å². The average molecular weight is 712 g/mol. The molecule has 11 heteroatoms. The molecular formula is C41H53N5O6. The molecule has 0 saturated carbocycles. The summed E-state index contributed by atoms with van der Waals surface area (Å²) in [7, 11) is 1.56. The van der Waals surface area contributed by atoms with E-state index in [1.807, 2.05) is 63.2 Å². The van der Waals surface area contributed by atoms with Crippen LogP contribution in [0.2, 0.25) is 0 Å². The highest BCUT2D eigenvalue weighted by atomic mass is 16.5. The number of nitrogens with one attached hydrogen (secondary N) is 5. The molecule has 0 spiro atoms. The molecule has 5 N–H and O–H groups in total. The van der Waals surface area contributed by atoms with E-state index in [-0.39, 0.29) is 55.4 Å². The van der Waals surface area contributed by atoms with Crippen LogP contribution in [0.5, 0.6) is 5.75 Å². The van der Waals surface area contributed by atoms with E-state index in [1.54, 1.807) is 31.4 Å². The van der Waals surface area contributed by atoms with Crippen molar-refractivity contribution in [3.8, 4) is 5.75 Å². The van der Waals surface area contributed by atoms with E-state index in [4.69, 9.17) is 9.47 Å². The van der Waals surface area contributed by atoms with Crippen molar-refractivity contribution >= 4 is 23.6 Å². The maximum atomic E-state index is 14.3. The molecule has 278 valence electrons. The lowest BCUT2D eigenvalue weighted by Gasteiger charge is -2.44. The Bertz CT molecular complexity index is 1670. The van der Waals surface area contributed by atoms with Gasteiger partial charge < -0.3 is 30.7 Å². The molecule has 0 aromatic heterocycles. The van der Waals surface area contributed by atoms with E-state index < -0.39 is 23.5 Å². The van der Waals surface area contributed by atoms with Crippen molar-refractivity contribution in [2.45, 2.75) is 83.0 Å². The molecule has 5 rings (SSSR count). The molecule has 3 aromatic rings. The van der Waals surface area contributed by atoms with Gasteiger partial charge in [-0.25, -0.2) is 0 Å². The van der Waals surface area contributed by atoms with Crippen LogP contribution in [0.4, 0.5) is 0 Å². The van der Waals surface area contributed by atoms with Crippen molar-refractivity contribution < 1.29 is 28.7 Å². The first kappa shape index (κ1) is 38.5. The van der Waals surface area contributed by atoms with Crippen LogP contribution in [-0.4, -0.2) is 74.7 Å². The van der Waals surface area contributed by atoms with E-state index in [1.165, 1.54) is 5.56 Å². The Morgan fingerprint density at radius 2 is 1.60 bits per heavy atom. The lowest BCUT2D eigenvalue weighted by molar-refractivity contribution is -0.135. The van der Waals surface area contributed by atoms with Crippen LogP contribution in [0.3, 0.4) is 0 Å². The molecule has 1 aliphatic heterocycles. The number of ether oxygens (including phenoxy) is 2. The Morgan fingerprint density at radius 3 is 2.27 bits per heavy atom. The zero-order valence-corrected chi connectivity index (χ0v) is 30.8. The summed E-state index contributed by atoms with van der Waals surface area (Å²) in [5.74, 6) is -0.697. The molecule has 52 heavy (non-hydrogen) atoms. The van der Waals surface area contributed by atoms with E-state index in [0.29, 0.717) is 30.7 Å². The second-order valence-electron chi connectivity index (χ2n) is 15.2. The average Bonchev–Trinajstić information content (AvgIpc) is 3.13. The second-order valence-corrected chi connectivity index (χ2v) is 15.2. The Hall–Kier alpha value is -4.74. The topological polar surface area (TPSA) is 147 Å². The summed E-state index contributed by atoms with van der Waals surface area (Å²) < 4.78 is 10.8. The van der Waals surface area contributed by atoms with Crippen molar-refractivity contribution in [2.24, 2.45) is 5.41 Å². The third-order valence-corrected chi connectivity index (χ3v) is 9.58. The lowest BCUT2D eigenvalue weighted by atomic mass is 9.87. The molecular weight excluding hydrogens is 658 g/mol. The summed E-state index contributed by atoms with van der Waals surface area (Å²) in [5, 5.41) is 15.5. The highest BCUT2D eigenvalue weighted by Crippen LogP contribution is 2.29.